The lowest BCUT2D eigenvalue weighted by atomic mass is 9.89. The highest BCUT2D eigenvalue weighted by Gasteiger charge is 2.45. The average molecular weight is 301 g/mol. The molecule has 5 nitrogen and oxygen atoms in total. The van der Waals surface area contributed by atoms with Gasteiger partial charge in [-0.25, -0.2) is 4.79 Å². The molecule has 22 heavy (non-hydrogen) atoms. The van der Waals surface area contributed by atoms with Crippen molar-refractivity contribution in [2.24, 2.45) is 0 Å². The number of likely N-dealkylation sites (tertiary alicyclic amines) is 1. The molecule has 1 N–H and O–H groups in total. The van der Waals surface area contributed by atoms with E-state index in [-0.39, 0.29) is 0 Å². The van der Waals surface area contributed by atoms with Gasteiger partial charge in [-0.2, -0.15) is 0 Å². The number of benzene rings is 1. The number of carbonyl (C=O) groups is 1. The molecule has 5 heteroatoms. The number of para-hydroxylation sites is 1. The van der Waals surface area contributed by atoms with Crippen LogP contribution in [0.3, 0.4) is 0 Å². The number of anilines is 2. The van der Waals surface area contributed by atoms with Gasteiger partial charge < -0.3 is 19.8 Å². The molecule has 3 aliphatic heterocycles. The van der Waals surface area contributed by atoms with E-state index in [1.165, 1.54) is 16.9 Å². The number of fused-ring (bicyclic) bond motifs is 3. The molecule has 0 spiro atoms. The van der Waals surface area contributed by atoms with E-state index in [2.05, 4.69) is 41.8 Å². The summed E-state index contributed by atoms with van der Waals surface area (Å²) in [6.45, 7) is 7.88. The van der Waals surface area contributed by atoms with Crippen LogP contribution in [0.25, 0.3) is 0 Å². The van der Waals surface area contributed by atoms with Gasteiger partial charge in [-0.3, -0.25) is 0 Å². The third kappa shape index (κ3) is 1.81. The third-order valence-electron chi connectivity index (χ3n) is 5.49. The fourth-order valence-corrected chi connectivity index (χ4v) is 4.50. The molecular weight excluding hydrogens is 278 g/mol. The number of nitrogens with zero attached hydrogens (tertiary/aromatic N) is 3. The van der Waals surface area contributed by atoms with E-state index in [0.717, 1.165) is 19.5 Å². The minimum Gasteiger partial charge on any atom is -0.465 e. The fraction of sp³-hybridized carbons (Fsp3) is 0.588. The van der Waals surface area contributed by atoms with Gasteiger partial charge in [-0.15, -0.1) is 0 Å². The van der Waals surface area contributed by atoms with Crippen molar-refractivity contribution in [3.63, 3.8) is 0 Å². The van der Waals surface area contributed by atoms with Gasteiger partial charge >= 0.3 is 6.09 Å². The number of piperidine rings is 1. The molecule has 1 fully saturated rings. The molecule has 3 aliphatic rings. The van der Waals surface area contributed by atoms with Crippen LogP contribution in [0.15, 0.2) is 18.2 Å². The van der Waals surface area contributed by atoms with Crippen molar-refractivity contribution in [3.8, 4) is 0 Å². The minimum absolute atomic E-state index is 0.326. The molecule has 2 atom stereocenters. The van der Waals surface area contributed by atoms with Crippen molar-refractivity contribution in [3.05, 3.63) is 23.8 Å². The predicted octanol–water partition coefficient (Wildman–Crippen LogP) is 2.57. The Labute approximate surface area is 131 Å². The molecule has 1 amide bonds. The Balaban J connectivity index is 1.76. The fourth-order valence-electron chi connectivity index (χ4n) is 4.50. The summed E-state index contributed by atoms with van der Waals surface area (Å²) in [4.78, 5) is 17.9. The van der Waals surface area contributed by atoms with Crippen LogP contribution in [0.5, 0.6) is 0 Å². The first-order valence-corrected chi connectivity index (χ1v) is 8.22. The summed E-state index contributed by atoms with van der Waals surface area (Å²) >= 11 is 0. The Morgan fingerprint density at radius 2 is 2.09 bits per heavy atom. The summed E-state index contributed by atoms with van der Waals surface area (Å²) in [5.74, 6) is 0.326. The van der Waals surface area contributed by atoms with Gasteiger partial charge in [-0.1, -0.05) is 12.1 Å². The first-order valence-electron chi connectivity index (χ1n) is 8.22. The Hall–Kier alpha value is -1.91. The topological polar surface area (TPSA) is 47.0 Å². The number of hydrogen-bond acceptors (Lipinski definition) is 3. The zero-order chi connectivity index (χ0) is 15.4. The standard InChI is InChI=1S/C17H23N3O2/c1-11(2)19-8-9-20-14-6-7-18(17(21)22)10-13(14)12-4-3-5-15(19)16(12)20/h3-5,11,13-14H,6-10H2,1-2H3,(H,21,22)/t13-,14-/m0/s1. The van der Waals surface area contributed by atoms with Crippen molar-refractivity contribution in [1.29, 1.82) is 0 Å². The molecule has 3 heterocycles. The highest BCUT2D eigenvalue weighted by Crippen LogP contribution is 2.50. The molecular formula is C17H23N3O2. The van der Waals surface area contributed by atoms with Crippen LogP contribution in [0.2, 0.25) is 0 Å². The van der Waals surface area contributed by atoms with Crippen LogP contribution >= 0.6 is 0 Å². The second kappa shape index (κ2) is 4.80. The van der Waals surface area contributed by atoms with Crippen LogP contribution < -0.4 is 9.80 Å². The van der Waals surface area contributed by atoms with Crippen LogP contribution in [-0.4, -0.2) is 54.4 Å². The van der Waals surface area contributed by atoms with Gasteiger partial charge in [0.15, 0.2) is 0 Å². The number of amides is 1. The molecule has 1 aromatic carbocycles. The molecule has 0 unspecified atom stereocenters. The summed E-state index contributed by atoms with van der Waals surface area (Å²) in [5.41, 5.74) is 4.04. The first kappa shape index (κ1) is 13.7. The monoisotopic (exact) mass is 301 g/mol. The van der Waals surface area contributed by atoms with Gasteiger partial charge in [0.25, 0.3) is 0 Å². The molecule has 0 saturated carbocycles. The SMILES string of the molecule is CC(C)N1CCN2c3c(cccc31)[C@@H]1CN(C(=O)O)CC[C@@H]12. The lowest BCUT2D eigenvalue weighted by Crippen LogP contribution is -2.51. The molecule has 0 aromatic heterocycles. The average Bonchev–Trinajstić information content (AvgIpc) is 2.83. The number of carboxylic acid groups (broad SMARTS) is 1. The maximum atomic E-state index is 11.3. The van der Waals surface area contributed by atoms with Crippen molar-refractivity contribution in [2.45, 2.75) is 38.3 Å². The van der Waals surface area contributed by atoms with E-state index in [4.69, 9.17) is 0 Å². The Morgan fingerprint density at radius 1 is 1.27 bits per heavy atom. The summed E-state index contributed by atoms with van der Waals surface area (Å²) in [6.07, 6.45) is 0.153. The van der Waals surface area contributed by atoms with E-state index >= 15 is 0 Å². The zero-order valence-electron chi connectivity index (χ0n) is 13.2. The summed E-state index contributed by atoms with van der Waals surface area (Å²) in [7, 11) is 0. The van der Waals surface area contributed by atoms with E-state index in [1.54, 1.807) is 4.90 Å². The second-order valence-electron chi connectivity index (χ2n) is 6.89. The zero-order valence-corrected chi connectivity index (χ0v) is 13.2. The van der Waals surface area contributed by atoms with E-state index in [0.29, 0.717) is 31.1 Å². The summed E-state index contributed by atoms with van der Waals surface area (Å²) in [5, 5.41) is 9.32. The van der Waals surface area contributed by atoms with Gasteiger partial charge in [-0.05, 0) is 31.9 Å². The van der Waals surface area contributed by atoms with Crippen LogP contribution in [-0.2, 0) is 0 Å². The van der Waals surface area contributed by atoms with Crippen molar-refractivity contribution >= 4 is 17.5 Å². The highest BCUT2D eigenvalue weighted by molar-refractivity contribution is 5.81. The molecule has 1 saturated heterocycles. The van der Waals surface area contributed by atoms with Crippen molar-refractivity contribution < 1.29 is 9.90 Å². The van der Waals surface area contributed by atoms with Crippen LogP contribution in [0.4, 0.5) is 16.2 Å². The van der Waals surface area contributed by atoms with E-state index in [1.807, 2.05) is 0 Å². The summed E-state index contributed by atoms with van der Waals surface area (Å²) < 4.78 is 0. The van der Waals surface area contributed by atoms with Crippen molar-refractivity contribution in [2.75, 3.05) is 36.0 Å². The molecule has 0 bridgehead atoms. The first-order chi connectivity index (χ1) is 10.6. The quantitative estimate of drug-likeness (QED) is 0.866. The lowest BCUT2D eigenvalue weighted by molar-refractivity contribution is 0.127. The van der Waals surface area contributed by atoms with Gasteiger partial charge in [0, 0.05) is 44.2 Å². The Kier molecular flexibility index (Phi) is 2.99. The molecule has 118 valence electrons. The van der Waals surface area contributed by atoms with Crippen molar-refractivity contribution in [1.82, 2.24) is 4.90 Å². The van der Waals surface area contributed by atoms with Gasteiger partial charge in [0.1, 0.15) is 0 Å². The lowest BCUT2D eigenvalue weighted by Gasteiger charge is -2.43. The minimum atomic E-state index is -0.784. The smallest absolute Gasteiger partial charge is 0.407 e. The number of hydrogen-bond donors (Lipinski definition) is 1. The molecule has 0 radical (unpaired) electrons. The maximum Gasteiger partial charge on any atom is 0.407 e. The predicted molar refractivity (Wildman–Crippen MR) is 87.0 cm³/mol. The summed E-state index contributed by atoms with van der Waals surface area (Å²) in [6, 6.07) is 7.52. The molecule has 4 rings (SSSR count). The maximum absolute atomic E-state index is 11.3. The molecule has 0 aliphatic carbocycles. The van der Waals surface area contributed by atoms with Gasteiger partial charge in [0.2, 0.25) is 0 Å². The second-order valence-corrected chi connectivity index (χ2v) is 6.89. The number of rotatable bonds is 1. The van der Waals surface area contributed by atoms with Crippen LogP contribution in [0, 0.1) is 0 Å². The highest BCUT2D eigenvalue weighted by atomic mass is 16.4. The molecule has 1 aromatic rings. The van der Waals surface area contributed by atoms with E-state index < -0.39 is 6.09 Å². The third-order valence-corrected chi connectivity index (χ3v) is 5.49. The van der Waals surface area contributed by atoms with E-state index in [9.17, 15) is 9.90 Å². The Bertz CT molecular complexity index is 616. The normalized spacial score (nSPS) is 26.2. The van der Waals surface area contributed by atoms with Crippen LogP contribution in [0.1, 0.15) is 31.7 Å². The van der Waals surface area contributed by atoms with Gasteiger partial charge in [0.05, 0.1) is 11.4 Å². The largest absolute Gasteiger partial charge is 0.465 e. The Morgan fingerprint density at radius 3 is 2.82 bits per heavy atom.